The van der Waals surface area contributed by atoms with Gasteiger partial charge in [-0.25, -0.2) is 9.78 Å². The smallest absolute Gasteiger partial charge is 0.358 e. The maximum Gasteiger partial charge on any atom is 0.358 e. The Bertz CT molecular complexity index is 956. The second kappa shape index (κ2) is 9.23. The van der Waals surface area contributed by atoms with Gasteiger partial charge >= 0.3 is 5.97 Å². The molecule has 0 radical (unpaired) electrons. The van der Waals surface area contributed by atoms with E-state index in [2.05, 4.69) is 10.3 Å². The summed E-state index contributed by atoms with van der Waals surface area (Å²) in [6.45, 7) is 2.42. The number of rotatable bonds is 7. The van der Waals surface area contributed by atoms with Gasteiger partial charge in [-0.05, 0) is 30.9 Å². The number of imidazole rings is 1. The van der Waals surface area contributed by atoms with Gasteiger partial charge < -0.3 is 14.6 Å². The van der Waals surface area contributed by atoms with E-state index in [1.54, 1.807) is 35.8 Å². The Labute approximate surface area is 167 Å². The number of nitrogens with zero attached hydrogens (tertiary/aromatic N) is 2. The molecular weight excluding hydrogens is 374 g/mol. The van der Waals surface area contributed by atoms with Crippen LogP contribution in [0.1, 0.15) is 33.3 Å². The van der Waals surface area contributed by atoms with Crippen LogP contribution in [-0.4, -0.2) is 34.3 Å². The third-order valence-electron chi connectivity index (χ3n) is 4.04. The Kier molecular flexibility index (Phi) is 6.49. The summed E-state index contributed by atoms with van der Waals surface area (Å²) in [7, 11) is 0. The van der Waals surface area contributed by atoms with Crippen LogP contribution < -0.4 is 5.32 Å². The number of carbonyl (C=O) groups is 2. The molecule has 0 aliphatic carbocycles. The summed E-state index contributed by atoms with van der Waals surface area (Å²) in [5, 5.41) is 3.38. The van der Waals surface area contributed by atoms with Gasteiger partial charge in [-0.1, -0.05) is 60.3 Å². The minimum absolute atomic E-state index is 0.201. The molecule has 1 amide bonds. The number of anilines is 1. The Morgan fingerprint density at radius 1 is 1.07 bits per heavy atom. The Hall–Kier alpha value is -3.06. The zero-order valence-corrected chi connectivity index (χ0v) is 16.5. The van der Waals surface area contributed by atoms with E-state index in [-0.39, 0.29) is 24.0 Å². The molecule has 1 aromatic heterocycles. The average molecular weight is 395 g/mol. The molecule has 1 heterocycles. The highest BCUT2D eigenvalue weighted by Gasteiger charge is 2.25. The average Bonchev–Trinajstić information content (AvgIpc) is 3.06. The van der Waals surface area contributed by atoms with E-state index in [1.807, 2.05) is 42.7 Å². The summed E-state index contributed by atoms with van der Waals surface area (Å²) in [5.41, 5.74) is 1.74. The molecule has 0 unspecified atom stereocenters. The first-order chi connectivity index (χ1) is 13.6. The fourth-order valence-electron chi connectivity index (χ4n) is 2.76. The molecule has 144 valence electrons. The summed E-state index contributed by atoms with van der Waals surface area (Å²) < 4.78 is 7.01. The highest BCUT2D eigenvalue weighted by molar-refractivity contribution is 7.98. The van der Waals surface area contributed by atoms with Crippen molar-refractivity contribution in [2.75, 3.05) is 18.2 Å². The first kappa shape index (κ1) is 19.7. The summed E-state index contributed by atoms with van der Waals surface area (Å²) in [6, 6.07) is 18.6. The standard InChI is InChI=1S/C21H21N3O3S/c1-3-27-20(26)17-18(22-19(25)16-12-8-5-9-13-16)23-21(28-2)24(17)14-15-10-6-4-7-11-15/h4-13H,3,14H2,1-2H3,(H,22,25). The van der Waals surface area contributed by atoms with E-state index in [1.165, 1.54) is 11.8 Å². The van der Waals surface area contributed by atoms with Gasteiger partial charge in [-0.3, -0.25) is 4.79 Å². The predicted octanol–water partition coefficient (Wildman–Crippen LogP) is 4.08. The summed E-state index contributed by atoms with van der Waals surface area (Å²) in [4.78, 5) is 29.8. The van der Waals surface area contributed by atoms with Gasteiger partial charge in [0.2, 0.25) is 0 Å². The second-order valence-corrected chi connectivity index (χ2v) is 6.68. The molecule has 0 saturated carbocycles. The van der Waals surface area contributed by atoms with Crippen LogP contribution in [0.5, 0.6) is 0 Å². The number of esters is 1. The van der Waals surface area contributed by atoms with Crippen LogP contribution in [0.4, 0.5) is 5.82 Å². The largest absolute Gasteiger partial charge is 0.461 e. The van der Waals surface area contributed by atoms with Crippen molar-refractivity contribution in [3.8, 4) is 0 Å². The molecule has 6 nitrogen and oxygen atoms in total. The molecule has 3 rings (SSSR count). The fourth-order valence-corrected chi connectivity index (χ4v) is 3.32. The van der Waals surface area contributed by atoms with Gasteiger partial charge in [0.05, 0.1) is 13.2 Å². The monoisotopic (exact) mass is 395 g/mol. The van der Waals surface area contributed by atoms with Crippen molar-refractivity contribution in [2.24, 2.45) is 0 Å². The van der Waals surface area contributed by atoms with Crippen molar-refractivity contribution in [1.82, 2.24) is 9.55 Å². The minimum atomic E-state index is -0.519. The highest BCUT2D eigenvalue weighted by atomic mass is 32.2. The van der Waals surface area contributed by atoms with E-state index >= 15 is 0 Å². The first-order valence-electron chi connectivity index (χ1n) is 8.86. The van der Waals surface area contributed by atoms with Gasteiger partial charge in [0.25, 0.3) is 5.91 Å². The van der Waals surface area contributed by atoms with Crippen LogP contribution in [0.2, 0.25) is 0 Å². The van der Waals surface area contributed by atoms with Crippen LogP contribution in [0, 0.1) is 0 Å². The van der Waals surface area contributed by atoms with Crippen molar-refractivity contribution < 1.29 is 14.3 Å². The van der Waals surface area contributed by atoms with E-state index < -0.39 is 5.97 Å². The Morgan fingerprint density at radius 3 is 2.32 bits per heavy atom. The van der Waals surface area contributed by atoms with Crippen LogP contribution in [0.15, 0.2) is 65.8 Å². The van der Waals surface area contributed by atoms with Crippen molar-refractivity contribution in [3.63, 3.8) is 0 Å². The molecule has 7 heteroatoms. The predicted molar refractivity (Wildman–Crippen MR) is 110 cm³/mol. The SMILES string of the molecule is CCOC(=O)c1c(NC(=O)c2ccccc2)nc(SC)n1Cc1ccccc1. The van der Waals surface area contributed by atoms with Gasteiger partial charge in [-0.2, -0.15) is 0 Å². The molecule has 3 aromatic rings. The van der Waals surface area contributed by atoms with Gasteiger partial charge in [0, 0.05) is 5.56 Å². The summed E-state index contributed by atoms with van der Waals surface area (Å²) >= 11 is 1.40. The molecule has 0 spiro atoms. The molecule has 2 aromatic carbocycles. The lowest BCUT2D eigenvalue weighted by Gasteiger charge is -2.11. The number of thioether (sulfide) groups is 1. The lowest BCUT2D eigenvalue weighted by Crippen LogP contribution is -2.18. The number of nitrogens with one attached hydrogen (secondary N) is 1. The number of aromatic nitrogens is 2. The molecule has 0 fully saturated rings. The van der Waals surface area contributed by atoms with E-state index in [0.717, 1.165) is 5.56 Å². The zero-order chi connectivity index (χ0) is 19.9. The number of benzene rings is 2. The van der Waals surface area contributed by atoms with Crippen molar-refractivity contribution in [1.29, 1.82) is 0 Å². The highest BCUT2D eigenvalue weighted by Crippen LogP contribution is 2.26. The molecule has 0 atom stereocenters. The topological polar surface area (TPSA) is 73.2 Å². The Morgan fingerprint density at radius 2 is 1.71 bits per heavy atom. The molecule has 28 heavy (non-hydrogen) atoms. The molecule has 1 N–H and O–H groups in total. The lowest BCUT2D eigenvalue weighted by atomic mass is 10.2. The molecule has 0 saturated heterocycles. The van der Waals surface area contributed by atoms with Gasteiger partial charge in [-0.15, -0.1) is 0 Å². The van der Waals surface area contributed by atoms with Gasteiger partial charge in [0.15, 0.2) is 16.7 Å². The number of hydrogen-bond donors (Lipinski definition) is 1. The second-order valence-electron chi connectivity index (χ2n) is 5.91. The van der Waals surface area contributed by atoms with Crippen LogP contribution >= 0.6 is 11.8 Å². The number of carbonyl (C=O) groups excluding carboxylic acids is 2. The zero-order valence-electron chi connectivity index (χ0n) is 15.7. The molecule has 0 aliphatic rings. The Balaban J connectivity index is 2.01. The normalized spacial score (nSPS) is 10.5. The lowest BCUT2D eigenvalue weighted by molar-refractivity contribution is 0.0514. The van der Waals surface area contributed by atoms with E-state index in [9.17, 15) is 9.59 Å². The maximum atomic E-state index is 12.7. The van der Waals surface area contributed by atoms with Crippen LogP contribution in [-0.2, 0) is 11.3 Å². The quantitative estimate of drug-likeness (QED) is 0.482. The molecule has 0 aliphatic heterocycles. The number of amides is 1. The third-order valence-corrected chi connectivity index (χ3v) is 4.71. The number of hydrogen-bond acceptors (Lipinski definition) is 5. The molecule has 0 bridgehead atoms. The number of ether oxygens (including phenoxy) is 1. The van der Waals surface area contributed by atoms with Crippen molar-refractivity contribution in [2.45, 2.75) is 18.6 Å². The van der Waals surface area contributed by atoms with Crippen molar-refractivity contribution in [3.05, 3.63) is 77.5 Å². The maximum absolute atomic E-state index is 12.7. The van der Waals surface area contributed by atoms with E-state index in [0.29, 0.717) is 17.3 Å². The van der Waals surface area contributed by atoms with E-state index in [4.69, 9.17) is 4.74 Å². The summed E-state index contributed by atoms with van der Waals surface area (Å²) in [6.07, 6.45) is 1.88. The first-order valence-corrected chi connectivity index (χ1v) is 10.1. The van der Waals surface area contributed by atoms with Crippen LogP contribution in [0.25, 0.3) is 0 Å². The van der Waals surface area contributed by atoms with Gasteiger partial charge in [0.1, 0.15) is 0 Å². The summed E-state index contributed by atoms with van der Waals surface area (Å²) in [5.74, 6) is -0.648. The van der Waals surface area contributed by atoms with Crippen molar-refractivity contribution >= 4 is 29.5 Å². The molecular formula is C21H21N3O3S. The van der Waals surface area contributed by atoms with Crippen LogP contribution in [0.3, 0.4) is 0 Å². The fraction of sp³-hybridized carbons (Fsp3) is 0.190. The third kappa shape index (κ3) is 4.43. The minimum Gasteiger partial charge on any atom is -0.461 e.